The highest BCUT2D eigenvalue weighted by Crippen LogP contribution is 2.24. The van der Waals surface area contributed by atoms with Gasteiger partial charge in [0, 0.05) is 38.1 Å². The summed E-state index contributed by atoms with van der Waals surface area (Å²) in [7, 11) is 2.05. The zero-order valence-corrected chi connectivity index (χ0v) is 12.4. The van der Waals surface area contributed by atoms with Gasteiger partial charge in [0.05, 0.1) is 0 Å². The van der Waals surface area contributed by atoms with E-state index in [2.05, 4.69) is 23.7 Å². The molecule has 0 saturated heterocycles. The third-order valence-corrected chi connectivity index (χ3v) is 3.51. The van der Waals surface area contributed by atoms with E-state index in [1.54, 1.807) is 0 Å². The van der Waals surface area contributed by atoms with Crippen LogP contribution in [0, 0.1) is 19.3 Å². The van der Waals surface area contributed by atoms with Crippen molar-refractivity contribution >= 4 is 18.2 Å². The van der Waals surface area contributed by atoms with E-state index in [4.69, 9.17) is 5.41 Å². The molecule has 0 aliphatic rings. The maximum absolute atomic E-state index is 10.9. The standard InChI is InChI=1S/C15H23N3O/c1-10(9-16)8-15-12(3)18(5)11(2)14(15)6-7-17-13(4)19/h8-9,16H,6-7H2,1-5H3,(H,17,19)/b10-8-,16-9?. The number of amides is 1. The summed E-state index contributed by atoms with van der Waals surface area (Å²) >= 11 is 0. The van der Waals surface area contributed by atoms with Crippen molar-refractivity contribution in [2.24, 2.45) is 7.05 Å². The van der Waals surface area contributed by atoms with E-state index >= 15 is 0 Å². The van der Waals surface area contributed by atoms with Gasteiger partial charge in [-0.3, -0.25) is 4.79 Å². The van der Waals surface area contributed by atoms with Crippen LogP contribution in [0.25, 0.3) is 6.08 Å². The van der Waals surface area contributed by atoms with Gasteiger partial charge < -0.3 is 15.3 Å². The van der Waals surface area contributed by atoms with Crippen LogP contribution in [0.15, 0.2) is 5.57 Å². The molecular weight excluding hydrogens is 238 g/mol. The van der Waals surface area contributed by atoms with Gasteiger partial charge >= 0.3 is 0 Å². The smallest absolute Gasteiger partial charge is 0.216 e. The average Bonchev–Trinajstić information content (AvgIpc) is 2.55. The number of hydrogen-bond acceptors (Lipinski definition) is 2. The summed E-state index contributed by atoms with van der Waals surface area (Å²) < 4.78 is 2.16. The first kappa shape index (κ1) is 15.2. The molecule has 0 aliphatic heterocycles. The van der Waals surface area contributed by atoms with E-state index in [-0.39, 0.29) is 5.91 Å². The Hall–Kier alpha value is -1.84. The largest absolute Gasteiger partial charge is 0.356 e. The van der Waals surface area contributed by atoms with Gasteiger partial charge in [-0.1, -0.05) is 0 Å². The molecule has 104 valence electrons. The molecule has 1 aromatic rings. The van der Waals surface area contributed by atoms with Crippen LogP contribution in [-0.2, 0) is 18.3 Å². The topological polar surface area (TPSA) is 57.9 Å². The molecule has 19 heavy (non-hydrogen) atoms. The molecule has 0 saturated carbocycles. The number of rotatable bonds is 5. The average molecular weight is 261 g/mol. The number of hydrogen-bond donors (Lipinski definition) is 2. The predicted octanol–water partition coefficient (Wildman–Crippen LogP) is 2.37. The molecule has 0 aromatic carbocycles. The lowest BCUT2D eigenvalue weighted by molar-refractivity contribution is -0.118. The minimum Gasteiger partial charge on any atom is -0.356 e. The maximum Gasteiger partial charge on any atom is 0.216 e. The van der Waals surface area contributed by atoms with Crippen LogP contribution in [0.2, 0.25) is 0 Å². The summed E-state index contributed by atoms with van der Waals surface area (Å²) in [6.07, 6.45) is 4.21. The van der Waals surface area contributed by atoms with Crippen LogP contribution in [0.1, 0.15) is 36.4 Å². The lowest BCUT2D eigenvalue weighted by Gasteiger charge is -2.05. The van der Waals surface area contributed by atoms with E-state index in [1.807, 2.05) is 20.0 Å². The zero-order chi connectivity index (χ0) is 14.6. The van der Waals surface area contributed by atoms with Crippen molar-refractivity contribution in [2.45, 2.75) is 34.1 Å². The van der Waals surface area contributed by atoms with Crippen molar-refractivity contribution in [2.75, 3.05) is 6.54 Å². The molecule has 0 bridgehead atoms. The van der Waals surface area contributed by atoms with E-state index in [0.717, 1.165) is 12.0 Å². The van der Waals surface area contributed by atoms with Crippen molar-refractivity contribution in [1.82, 2.24) is 9.88 Å². The lowest BCUT2D eigenvalue weighted by atomic mass is 10.0. The Morgan fingerprint density at radius 3 is 2.47 bits per heavy atom. The molecule has 4 nitrogen and oxygen atoms in total. The summed E-state index contributed by atoms with van der Waals surface area (Å²) in [6.45, 7) is 8.27. The van der Waals surface area contributed by atoms with Gasteiger partial charge in [-0.2, -0.15) is 0 Å². The number of nitrogens with zero attached hydrogens (tertiary/aromatic N) is 1. The highest BCUT2D eigenvalue weighted by Gasteiger charge is 2.13. The fourth-order valence-electron chi connectivity index (χ4n) is 2.19. The third kappa shape index (κ3) is 3.56. The van der Waals surface area contributed by atoms with Crippen LogP contribution in [0.3, 0.4) is 0 Å². The van der Waals surface area contributed by atoms with Crippen molar-refractivity contribution in [1.29, 1.82) is 5.41 Å². The highest BCUT2D eigenvalue weighted by molar-refractivity contribution is 5.83. The van der Waals surface area contributed by atoms with Gasteiger partial charge in [0.2, 0.25) is 5.91 Å². The molecule has 1 amide bonds. The maximum atomic E-state index is 10.9. The molecule has 1 rings (SSSR count). The number of carbonyl (C=O) groups excluding carboxylic acids is 1. The Morgan fingerprint density at radius 1 is 1.32 bits per heavy atom. The molecule has 0 atom stereocenters. The van der Waals surface area contributed by atoms with Crippen molar-refractivity contribution in [3.8, 4) is 0 Å². The normalized spacial score (nSPS) is 11.5. The van der Waals surface area contributed by atoms with E-state index in [9.17, 15) is 4.79 Å². The number of nitrogens with one attached hydrogen (secondary N) is 2. The Kier molecular flexibility index (Phi) is 5.10. The molecule has 0 spiro atoms. The van der Waals surface area contributed by atoms with Crippen LogP contribution < -0.4 is 5.32 Å². The molecule has 0 fully saturated rings. The number of allylic oxidation sites excluding steroid dienone is 1. The van der Waals surface area contributed by atoms with E-state index < -0.39 is 0 Å². The minimum absolute atomic E-state index is 0.00179. The summed E-state index contributed by atoms with van der Waals surface area (Å²) in [5.74, 6) is -0.00179. The highest BCUT2D eigenvalue weighted by atomic mass is 16.1. The summed E-state index contributed by atoms with van der Waals surface area (Å²) in [5.41, 5.74) is 5.75. The molecule has 0 unspecified atom stereocenters. The van der Waals surface area contributed by atoms with Crippen LogP contribution in [-0.4, -0.2) is 23.2 Å². The van der Waals surface area contributed by atoms with Crippen molar-refractivity contribution < 1.29 is 4.79 Å². The molecule has 4 heteroatoms. The van der Waals surface area contributed by atoms with Gasteiger partial charge in [-0.25, -0.2) is 0 Å². The second-order valence-electron chi connectivity index (χ2n) is 4.89. The second kappa shape index (κ2) is 6.36. The lowest BCUT2D eigenvalue weighted by Crippen LogP contribution is -2.22. The summed E-state index contributed by atoms with van der Waals surface area (Å²) in [5, 5.41) is 10.1. The second-order valence-corrected chi connectivity index (χ2v) is 4.89. The van der Waals surface area contributed by atoms with E-state index in [0.29, 0.717) is 6.54 Å². The Labute approximate surface area is 115 Å². The zero-order valence-electron chi connectivity index (χ0n) is 12.4. The van der Waals surface area contributed by atoms with Gasteiger partial charge in [-0.05, 0) is 50.0 Å². The predicted molar refractivity (Wildman–Crippen MR) is 79.7 cm³/mol. The van der Waals surface area contributed by atoms with Gasteiger partial charge in [0.15, 0.2) is 0 Å². The van der Waals surface area contributed by atoms with Crippen LogP contribution in [0.4, 0.5) is 0 Å². The molecule has 2 N–H and O–H groups in total. The summed E-state index contributed by atoms with van der Waals surface area (Å²) in [4.78, 5) is 10.9. The molecular formula is C15H23N3O. The SMILES string of the molecule is CC(=O)NCCc1c(/C=C(/C)C=N)c(C)n(C)c1C. The molecule has 1 aromatic heterocycles. The fraction of sp³-hybridized carbons (Fsp3) is 0.467. The first-order valence-electron chi connectivity index (χ1n) is 6.46. The number of aromatic nitrogens is 1. The minimum atomic E-state index is -0.00179. The van der Waals surface area contributed by atoms with Gasteiger partial charge in [0.1, 0.15) is 0 Å². The van der Waals surface area contributed by atoms with Crippen molar-refractivity contribution in [3.63, 3.8) is 0 Å². The quantitative estimate of drug-likeness (QED) is 0.785. The molecule has 0 aliphatic carbocycles. The van der Waals surface area contributed by atoms with Crippen LogP contribution in [0.5, 0.6) is 0 Å². The van der Waals surface area contributed by atoms with Gasteiger partial charge in [-0.15, -0.1) is 0 Å². The van der Waals surface area contributed by atoms with Crippen LogP contribution >= 0.6 is 0 Å². The Bertz CT molecular complexity index is 524. The summed E-state index contributed by atoms with van der Waals surface area (Å²) in [6, 6.07) is 0. The van der Waals surface area contributed by atoms with E-state index in [1.165, 1.54) is 35.7 Å². The van der Waals surface area contributed by atoms with Crippen molar-refractivity contribution in [3.05, 3.63) is 28.1 Å². The number of carbonyl (C=O) groups is 1. The van der Waals surface area contributed by atoms with Gasteiger partial charge in [0.25, 0.3) is 0 Å². The first-order valence-corrected chi connectivity index (χ1v) is 6.46. The third-order valence-electron chi connectivity index (χ3n) is 3.51. The first-order chi connectivity index (χ1) is 8.88. The monoisotopic (exact) mass is 261 g/mol. The Morgan fingerprint density at radius 2 is 1.95 bits per heavy atom. The Balaban J connectivity index is 3.10. The molecule has 0 radical (unpaired) electrons. The molecule has 1 heterocycles. The fourth-order valence-corrected chi connectivity index (χ4v) is 2.19.